The largest absolute Gasteiger partial charge is 0.358 e. The molecule has 146 valence electrons. The summed E-state index contributed by atoms with van der Waals surface area (Å²) < 4.78 is 0. The van der Waals surface area contributed by atoms with Gasteiger partial charge in [0, 0.05) is 34.5 Å². The molecule has 0 aromatic heterocycles. The Hall–Kier alpha value is -1.47. The third-order valence-electron chi connectivity index (χ3n) is 4.23. The summed E-state index contributed by atoms with van der Waals surface area (Å²) >= 11 is 7.51. The maximum atomic E-state index is 12.7. The van der Waals surface area contributed by atoms with Gasteiger partial charge in [0.15, 0.2) is 5.78 Å². The van der Waals surface area contributed by atoms with E-state index in [9.17, 15) is 9.59 Å². The highest BCUT2D eigenvalue weighted by molar-refractivity contribution is 8.03. The van der Waals surface area contributed by atoms with Crippen molar-refractivity contribution in [1.82, 2.24) is 10.2 Å². The van der Waals surface area contributed by atoms with E-state index < -0.39 is 12.1 Å². The number of hydrogen-bond donors (Lipinski definition) is 2. The zero-order chi connectivity index (χ0) is 18.8. The van der Waals surface area contributed by atoms with E-state index in [1.165, 1.54) is 0 Å². The van der Waals surface area contributed by atoms with Gasteiger partial charge in [0.1, 0.15) is 6.04 Å². The third-order valence-corrected chi connectivity index (χ3v) is 5.68. The van der Waals surface area contributed by atoms with Crippen molar-refractivity contribution in [3.8, 4) is 0 Å². The molecule has 1 aromatic carbocycles. The molecule has 1 saturated heterocycles. The Morgan fingerprint density at radius 2 is 2.04 bits per heavy atom. The molecule has 3 N–H and O–H groups in total. The molecule has 0 spiro atoms. The highest BCUT2D eigenvalue weighted by atomic mass is 35.5. The van der Waals surface area contributed by atoms with Gasteiger partial charge in [0.05, 0.1) is 11.6 Å². The minimum atomic E-state index is -0.491. The van der Waals surface area contributed by atoms with Gasteiger partial charge in [-0.15, -0.1) is 24.2 Å². The molecular weight excluding hydrogens is 405 g/mol. The molecule has 2 aliphatic heterocycles. The molecule has 0 bridgehead atoms. The lowest BCUT2D eigenvalue weighted by atomic mass is 9.98. The highest BCUT2D eigenvalue weighted by Crippen LogP contribution is 2.35. The van der Waals surface area contributed by atoms with Gasteiger partial charge in [0.25, 0.3) is 5.91 Å². The van der Waals surface area contributed by atoms with E-state index in [0.717, 1.165) is 10.5 Å². The summed E-state index contributed by atoms with van der Waals surface area (Å²) in [6.45, 7) is 4.33. The number of carbonyl (C=O) groups excluding carboxylic acids is 2. The van der Waals surface area contributed by atoms with Gasteiger partial charge in [-0.1, -0.05) is 23.7 Å². The van der Waals surface area contributed by atoms with Crippen LogP contribution in [0.3, 0.4) is 0 Å². The molecule has 27 heavy (non-hydrogen) atoms. The van der Waals surface area contributed by atoms with Crippen LogP contribution in [0.5, 0.6) is 0 Å². The summed E-state index contributed by atoms with van der Waals surface area (Å²) in [4.78, 5) is 28.0. The molecule has 1 aromatic rings. The second-order valence-corrected chi connectivity index (χ2v) is 8.31. The van der Waals surface area contributed by atoms with Gasteiger partial charge in [-0.25, -0.2) is 0 Å². The van der Waals surface area contributed by atoms with E-state index >= 15 is 0 Å². The van der Waals surface area contributed by atoms with E-state index in [0.29, 0.717) is 22.9 Å². The Morgan fingerprint density at radius 1 is 1.37 bits per heavy atom. The summed E-state index contributed by atoms with van der Waals surface area (Å²) in [6, 6.07) is 6.58. The standard InChI is InChI=1S/C19H22ClN3O2S.ClH/c1-11(2)22-19(25)13-7-16-17(18(24)15(21)10-26-16)23(9-13)8-12-3-5-14(20)6-4-12;/h3-7,9,11,15,17H,8,10,21H2,1-2H3,(H,22,25);1H/t15-,17?;/m0./s1. The molecule has 2 heterocycles. The lowest BCUT2D eigenvalue weighted by Crippen LogP contribution is -2.52. The van der Waals surface area contributed by atoms with Crippen LogP contribution in [-0.4, -0.2) is 40.5 Å². The summed E-state index contributed by atoms with van der Waals surface area (Å²) in [7, 11) is 0. The number of nitrogens with two attached hydrogens (primary N) is 1. The Labute approximate surface area is 174 Å². The van der Waals surface area contributed by atoms with Crippen LogP contribution in [0, 0.1) is 0 Å². The number of nitrogens with zero attached hydrogens (tertiary/aromatic N) is 1. The molecular formula is C19H23Cl2N3O2S. The fourth-order valence-corrected chi connectivity index (χ4v) is 4.27. The van der Waals surface area contributed by atoms with Crippen molar-refractivity contribution in [1.29, 1.82) is 0 Å². The second kappa shape index (κ2) is 9.15. The zero-order valence-electron chi connectivity index (χ0n) is 15.1. The predicted octanol–water partition coefficient (Wildman–Crippen LogP) is 2.88. The number of benzene rings is 1. The molecule has 5 nitrogen and oxygen atoms in total. The fraction of sp³-hybridized carbons (Fsp3) is 0.368. The molecule has 0 saturated carbocycles. The number of thioether (sulfide) groups is 1. The first-order valence-corrected chi connectivity index (χ1v) is 9.88. The van der Waals surface area contributed by atoms with Crippen molar-refractivity contribution in [2.24, 2.45) is 5.73 Å². The molecule has 1 amide bonds. The summed E-state index contributed by atoms with van der Waals surface area (Å²) in [5.74, 6) is 0.383. The maximum Gasteiger partial charge on any atom is 0.252 e. The lowest BCUT2D eigenvalue weighted by Gasteiger charge is -2.39. The Bertz CT molecular complexity index is 778. The van der Waals surface area contributed by atoms with Crippen LogP contribution in [-0.2, 0) is 16.1 Å². The van der Waals surface area contributed by atoms with Gasteiger partial charge >= 0.3 is 0 Å². The molecule has 2 aliphatic rings. The number of nitrogens with one attached hydrogen (secondary N) is 1. The first-order chi connectivity index (χ1) is 12.3. The average molecular weight is 428 g/mol. The van der Waals surface area contributed by atoms with E-state index in [4.69, 9.17) is 17.3 Å². The van der Waals surface area contributed by atoms with Crippen LogP contribution in [0.25, 0.3) is 0 Å². The number of halogens is 2. The minimum absolute atomic E-state index is 0. The fourth-order valence-electron chi connectivity index (χ4n) is 2.99. The zero-order valence-corrected chi connectivity index (χ0v) is 17.5. The van der Waals surface area contributed by atoms with E-state index in [1.807, 2.05) is 49.1 Å². The number of rotatable bonds is 4. The smallest absolute Gasteiger partial charge is 0.252 e. The van der Waals surface area contributed by atoms with Crippen LogP contribution < -0.4 is 11.1 Å². The minimum Gasteiger partial charge on any atom is -0.358 e. The normalized spacial score (nSPS) is 21.8. The van der Waals surface area contributed by atoms with E-state index in [1.54, 1.807) is 18.0 Å². The number of carbonyl (C=O) groups is 2. The topological polar surface area (TPSA) is 75.4 Å². The highest BCUT2D eigenvalue weighted by Gasteiger charge is 2.39. The molecule has 2 atom stereocenters. The number of Topliss-reactive ketones (excluding diaryl/α,β-unsaturated/α-hetero) is 1. The van der Waals surface area contributed by atoms with E-state index in [2.05, 4.69) is 5.32 Å². The van der Waals surface area contributed by atoms with Gasteiger partial charge < -0.3 is 16.0 Å². The summed E-state index contributed by atoms with van der Waals surface area (Å²) in [5, 5.41) is 3.56. The molecule has 8 heteroatoms. The van der Waals surface area contributed by atoms with E-state index in [-0.39, 0.29) is 30.1 Å². The molecule has 0 aliphatic carbocycles. The average Bonchev–Trinajstić information content (AvgIpc) is 2.59. The number of ketones is 1. The van der Waals surface area contributed by atoms with Crippen molar-refractivity contribution in [2.45, 2.75) is 38.5 Å². The number of fused-ring (bicyclic) bond motifs is 1. The monoisotopic (exact) mass is 427 g/mol. The maximum absolute atomic E-state index is 12.7. The lowest BCUT2D eigenvalue weighted by molar-refractivity contribution is -0.123. The van der Waals surface area contributed by atoms with Crippen LogP contribution in [0.1, 0.15) is 19.4 Å². The van der Waals surface area contributed by atoms with Gasteiger partial charge in [-0.3, -0.25) is 9.59 Å². The van der Waals surface area contributed by atoms with Crippen LogP contribution in [0.4, 0.5) is 0 Å². The van der Waals surface area contributed by atoms with Gasteiger partial charge in [-0.05, 0) is 37.6 Å². The third kappa shape index (κ3) is 5.08. The van der Waals surface area contributed by atoms with Gasteiger partial charge in [-0.2, -0.15) is 0 Å². The summed E-state index contributed by atoms with van der Waals surface area (Å²) in [6.07, 6.45) is 3.58. The van der Waals surface area contributed by atoms with Crippen LogP contribution in [0.15, 0.2) is 47.0 Å². The Kier molecular flexibility index (Phi) is 7.40. The van der Waals surface area contributed by atoms with Crippen molar-refractivity contribution < 1.29 is 9.59 Å². The molecule has 1 fully saturated rings. The summed E-state index contributed by atoms with van der Waals surface area (Å²) in [5.41, 5.74) is 7.54. The van der Waals surface area contributed by atoms with Crippen LogP contribution >= 0.6 is 35.8 Å². The Balaban J connectivity index is 0.00000261. The number of amides is 1. The molecule has 3 rings (SSSR count). The first-order valence-electron chi connectivity index (χ1n) is 8.51. The second-order valence-electron chi connectivity index (χ2n) is 6.78. The molecule has 0 radical (unpaired) electrons. The Morgan fingerprint density at radius 3 is 2.67 bits per heavy atom. The van der Waals surface area contributed by atoms with Crippen molar-refractivity contribution in [2.75, 3.05) is 5.75 Å². The first kappa shape index (κ1) is 21.8. The van der Waals surface area contributed by atoms with Crippen LogP contribution in [0.2, 0.25) is 5.02 Å². The molecule has 1 unspecified atom stereocenters. The quantitative estimate of drug-likeness (QED) is 0.772. The number of hydrogen-bond acceptors (Lipinski definition) is 5. The van der Waals surface area contributed by atoms with Crippen molar-refractivity contribution >= 4 is 47.5 Å². The van der Waals surface area contributed by atoms with Gasteiger partial charge in [0.2, 0.25) is 0 Å². The predicted molar refractivity (Wildman–Crippen MR) is 113 cm³/mol. The van der Waals surface area contributed by atoms with Crippen molar-refractivity contribution in [3.05, 3.63) is 57.6 Å². The SMILES string of the molecule is CC(C)NC(=O)C1=CN(Cc2ccc(Cl)cc2)C2C(=O)[C@@H](N)CSC2=C1.Cl. The van der Waals surface area contributed by atoms with Crippen molar-refractivity contribution in [3.63, 3.8) is 0 Å².